The van der Waals surface area contributed by atoms with Crippen molar-refractivity contribution in [2.24, 2.45) is 4.40 Å². The van der Waals surface area contributed by atoms with Crippen molar-refractivity contribution in [3.63, 3.8) is 0 Å². The topological polar surface area (TPSA) is 49.7 Å². The third-order valence-electron chi connectivity index (χ3n) is 1.95. The minimum atomic E-state index is -4.61. The maximum atomic E-state index is 12.5. The summed E-state index contributed by atoms with van der Waals surface area (Å²) in [7, 11) is -1.10. The Bertz CT molecular complexity index is 597. The van der Waals surface area contributed by atoms with Gasteiger partial charge in [0, 0.05) is 18.6 Å². The van der Waals surface area contributed by atoms with Crippen LogP contribution < -0.4 is 0 Å². The summed E-state index contributed by atoms with van der Waals surface area (Å²) in [5.74, 6) is 0. The molecule has 106 valence electrons. The zero-order chi connectivity index (χ0) is 14.8. The summed E-state index contributed by atoms with van der Waals surface area (Å²) in [4.78, 5) is 0.833. The second-order valence-corrected chi connectivity index (χ2v) is 6.26. The fourth-order valence-corrected chi connectivity index (χ4v) is 2.97. The summed E-state index contributed by atoms with van der Waals surface area (Å²) in [6, 6.07) is 2.37. The number of benzene rings is 1. The average molecular weight is 359 g/mol. The van der Waals surface area contributed by atoms with Crippen LogP contribution in [-0.2, 0) is 16.2 Å². The first-order valence-electron chi connectivity index (χ1n) is 4.87. The highest BCUT2D eigenvalue weighted by molar-refractivity contribution is 9.10. The van der Waals surface area contributed by atoms with E-state index in [4.69, 9.17) is 0 Å². The van der Waals surface area contributed by atoms with E-state index in [2.05, 4.69) is 20.3 Å². The molecule has 0 heterocycles. The first-order chi connectivity index (χ1) is 8.54. The Hall–Kier alpha value is -1.09. The van der Waals surface area contributed by atoms with Crippen molar-refractivity contribution in [3.05, 3.63) is 28.2 Å². The van der Waals surface area contributed by atoms with Gasteiger partial charge >= 0.3 is 6.18 Å². The van der Waals surface area contributed by atoms with Gasteiger partial charge in [-0.25, -0.2) is 0 Å². The van der Waals surface area contributed by atoms with Crippen LogP contribution in [-0.4, -0.2) is 33.8 Å². The van der Waals surface area contributed by atoms with Crippen LogP contribution in [0.2, 0.25) is 0 Å². The van der Waals surface area contributed by atoms with Crippen molar-refractivity contribution >= 4 is 32.3 Å². The molecule has 0 amide bonds. The van der Waals surface area contributed by atoms with Crippen molar-refractivity contribution in [1.82, 2.24) is 4.90 Å². The lowest BCUT2D eigenvalue weighted by Crippen LogP contribution is -2.11. The summed E-state index contributed by atoms with van der Waals surface area (Å²) in [6.45, 7) is 0. The highest BCUT2D eigenvalue weighted by atomic mass is 79.9. The summed E-state index contributed by atoms with van der Waals surface area (Å²) in [5.41, 5.74) is -1.05. The number of halogens is 4. The van der Waals surface area contributed by atoms with Crippen molar-refractivity contribution in [2.75, 3.05) is 14.1 Å². The van der Waals surface area contributed by atoms with Gasteiger partial charge in [-0.15, -0.1) is 4.40 Å². The number of rotatable bonds is 3. The lowest BCUT2D eigenvalue weighted by Gasteiger charge is -2.09. The fourth-order valence-electron chi connectivity index (χ4n) is 1.09. The predicted octanol–water partition coefficient (Wildman–Crippen LogP) is 2.75. The standard InChI is InChI=1S/C10H10BrF3N2O2S/c1-16(2)6-15-19(17,18)9-5-7(10(12,13)14)3-4-8(9)11/h3-6H,1-2H3. The molecule has 0 unspecified atom stereocenters. The molecule has 0 saturated heterocycles. The summed E-state index contributed by atoms with van der Waals surface area (Å²) < 4.78 is 64.6. The minimum absolute atomic E-state index is 0.0245. The molecular formula is C10H10BrF3N2O2S. The number of alkyl halides is 3. The zero-order valence-corrected chi connectivity index (χ0v) is 12.3. The van der Waals surface area contributed by atoms with Gasteiger partial charge in [0.25, 0.3) is 10.0 Å². The first-order valence-corrected chi connectivity index (χ1v) is 7.11. The number of hydrogen-bond donors (Lipinski definition) is 0. The van der Waals surface area contributed by atoms with Crippen LogP contribution in [0, 0.1) is 0 Å². The molecule has 0 aliphatic carbocycles. The molecule has 0 aliphatic heterocycles. The second-order valence-electron chi connectivity index (χ2n) is 3.80. The maximum absolute atomic E-state index is 12.5. The van der Waals surface area contributed by atoms with E-state index in [1.54, 1.807) is 14.1 Å². The first kappa shape index (κ1) is 16.0. The Morgan fingerprint density at radius 3 is 2.37 bits per heavy atom. The van der Waals surface area contributed by atoms with Crippen LogP contribution in [0.25, 0.3) is 0 Å². The van der Waals surface area contributed by atoms with Gasteiger partial charge in [0.05, 0.1) is 5.56 Å². The number of nitrogens with zero attached hydrogens (tertiary/aromatic N) is 2. The normalized spacial score (nSPS) is 12.9. The molecule has 0 bridgehead atoms. The van der Waals surface area contributed by atoms with Crippen molar-refractivity contribution < 1.29 is 21.6 Å². The van der Waals surface area contributed by atoms with Gasteiger partial charge in [0.1, 0.15) is 11.2 Å². The maximum Gasteiger partial charge on any atom is 0.416 e. The zero-order valence-electron chi connectivity index (χ0n) is 9.94. The Labute approximate surface area is 117 Å². The highest BCUT2D eigenvalue weighted by Crippen LogP contribution is 2.33. The van der Waals surface area contributed by atoms with E-state index in [-0.39, 0.29) is 4.47 Å². The van der Waals surface area contributed by atoms with Crippen LogP contribution in [0.3, 0.4) is 0 Å². The molecule has 1 rings (SSSR count). The molecule has 0 aromatic heterocycles. The average Bonchev–Trinajstić information content (AvgIpc) is 2.25. The third-order valence-corrected chi connectivity index (χ3v) is 4.17. The molecule has 0 N–H and O–H groups in total. The van der Waals surface area contributed by atoms with Crippen LogP contribution in [0.5, 0.6) is 0 Å². The Morgan fingerprint density at radius 2 is 1.89 bits per heavy atom. The van der Waals surface area contributed by atoms with Gasteiger partial charge in [0.15, 0.2) is 0 Å². The molecule has 0 spiro atoms. The van der Waals surface area contributed by atoms with Gasteiger partial charge in [-0.2, -0.15) is 21.6 Å². The van der Waals surface area contributed by atoms with Crippen LogP contribution in [0.4, 0.5) is 13.2 Å². The lowest BCUT2D eigenvalue weighted by molar-refractivity contribution is -0.137. The van der Waals surface area contributed by atoms with Gasteiger partial charge in [-0.05, 0) is 34.1 Å². The van der Waals surface area contributed by atoms with E-state index in [1.807, 2.05) is 0 Å². The molecule has 0 fully saturated rings. The molecular weight excluding hydrogens is 349 g/mol. The van der Waals surface area contributed by atoms with Crippen molar-refractivity contribution in [2.45, 2.75) is 11.1 Å². The molecule has 0 atom stereocenters. The summed E-state index contributed by atoms with van der Waals surface area (Å²) in [5, 5.41) is 0. The molecule has 9 heteroatoms. The monoisotopic (exact) mass is 358 g/mol. The Balaban J connectivity index is 3.35. The molecule has 0 saturated carbocycles. The van der Waals surface area contributed by atoms with Crippen LogP contribution in [0.1, 0.15) is 5.56 Å². The third kappa shape index (κ3) is 4.20. The quantitative estimate of drug-likeness (QED) is 0.616. The van der Waals surface area contributed by atoms with Gasteiger partial charge in [-0.1, -0.05) is 0 Å². The predicted molar refractivity (Wildman–Crippen MR) is 68.5 cm³/mol. The summed E-state index contributed by atoms with van der Waals surface area (Å²) in [6.07, 6.45) is -3.61. The molecule has 0 radical (unpaired) electrons. The van der Waals surface area contributed by atoms with Crippen LogP contribution >= 0.6 is 15.9 Å². The van der Waals surface area contributed by atoms with E-state index in [9.17, 15) is 21.6 Å². The van der Waals surface area contributed by atoms with Gasteiger partial charge in [-0.3, -0.25) is 0 Å². The fraction of sp³-hybridized carbons (Fsp3) is 0.300. The SMILES string of the molecule is CN(C)C=NS(=O)(=O)c1cc(C(F)(F)F)ccc1Br. The van der Waals surface area contributed by atoms with E-state index < -0.39 is 26.7 Å². The molecule has 1 aromatic carbocycles. The van der Waals surface area contributed by atoms with Crippen molar-refractivity contribution in [1.29, 1.82) is 0 Å². The molecule has 0 aliphatic rings. The van der Waals surface area contributed by atoms with Gasteiger partial charge < -0.3 is 4.90 Å². The minimum Gasteiger partial charge on any atom is -0.368 e. The summed E-state index contributed by atoms with van der Waals surface area (Å²) >= 11 is 2.91. The number of sulfonamides is 1. The Kier molecular flexibility index (Phi) is 4.62. The molecule has 19 heavy (non-hydrogen) atoms. The lowest BCUT2D eigenvalue weighted by atomic mass is 10.2. The second kappa shape index (κ2) is 5.49. The van der Waals surface area contributed by atoms with E-state index >= 15 is 0 Å². The van der Waals surface area contributed by atoms with E-state index in [0.29, 0.717) is 6.07 Å². The highest BCUT2D eigenvalue weighted by Gasteiger charge is 2.32. The van der Waals surface area contributed by atoms with E-state index in [0.717, 1.165) is 18.5 Å². The molecule has 1 aromatic rings. The number of hydrogen-bond acceptors (Lipinski definition) is 2. The van der Waals surface area contributed by atoms with E-state index in [1.165, 1.54) is 4.90 Å². The van der Waals surface area contributed by atoms with Crippen LogP contribution in [0.15, 0.2) is 32.0 Å². The Morgan fingerprint density at radius 1 is 1.32 bits per heavy atom. The largest absolute Gasteiger partial charge is 0.416 e. The molecule has 4 nitrogen and oxygen atoms in total. The smallest absolute Gasteiger partial charge is 0.368 e. The van der Waals surface area contributed by atoms with Crippen molar-refractivity contribution in [3.8, 4) is 0 Å². The van der Waals surface area contributed by atoms with Gasteiger partial charge in [0.2, 0.25) is 0 Å².